The predicted molar refractivity (Wildman–Crippen MR) is 78.1 cm³/mol. The van der Waals surface area contributed by atoms with Gasteiger partial charge in [-0.15, -0.1) is 0 Å². The van der Waals surface area contributed by atoms with Crippen LogP contribution in [0.3, 0.4) is 0 Å². The minimum absolute atomic E-state index is 0.195. The summed E-state index contributed by atoms with van der Waals surface area (Å²) < 4.78 is 41.0. The monoisotopic (exact) mass is 522 g/mol. The fraction of sp³-hybridized carbons (Fsp3) is 0.667. The molecule has 0 N–H and O–H groups in total. The molecule has 2 aliphatic carbocycles. The van der Waals surface area contributed by atoms with Crippen LogP contribution in [0.1, 0.15) is 62.8 Å². The Kier molecular flexibility index (Phi) is 5.96. The molecule has 0 unspecified atom stereocenters. The summed E-state index contributed by atoms with van der Waals surface area (Å²) >= 11 is 0.673. The molecule has 0 nitrogen and oxygen atoms in total. The Bertz CT molecular complexity index is 492. The summed E-state index contributed by atoms with van der Waals surface area (Å²) in [4.78, 5) is 0. The molecule has 22 heavy (non-hydrogen) atoms. The van der Waals surface area contributed by atoms with E-state index in [1.165, 1.54) is 37.8 Å². The van der Waals surface area contributed by atoms with Crippen LogP contribution in [-0.4, -0.2) is 0 Å². The molecular weight excluding hydrogens is 499 g/mol. The van der Waals surface area contributed by atoms with E-state index in [0.29, 0.717) is 48.4 Å². The van der Waals surface area contributed by atoms with Gasteiger partial charge < -0.3 is 0 Å². The normalized spacial score (nSPS) is 32.8. The van der Waals surface area contributed by atoms with Crippen LogP contribution in [-0.2, 0) is 0 Å². The maximum absolute atomic E-state index is 13.4. The zero-order valence-electron chi connectivity index (χ0n) is 13.3. The first-order valence-corrected chi connectivity index (χ1v) is 13.4. The average molecular weight is 522 g/mol. The van der Waals surface area contributed by atoms with Crippen molar-refractivity contribution in [3.8, 4) is 0 Å². The van der Waals surface area contributed by atoms with Gasteiger partial charge in [-0.05, 0) is 0 Å². The first kappa shape index (κ1) is 17.3. The Morgan fingerprint density at radius 3 is 1.68 bits per heavy atom. The van der Waals surface area contributed by atoms with E-state index in [4.69, 9.17) is 0 Å². The summed E-state index contributed by atoms with van der Waals surface area (Å²) in [5.41, 5.74) is 0.641. The summed E-state index contributed by atoms with van der Waals surface area (Å²) in [5, 5.41) is 0. The molecule has 0 amide bonds. The maximum atomic E-state index is 13.4. The Morgan fingerprint density at radius 1 is 0.727 bits per heavy atom. The number of benzene rings is 1. The number of hydrogen-bond acceptors (Lipinski definition) is 0. The quantitative estimate of drug-likeness (QED) is 0.442. The van der Waals surface area contributed by atoms with E-state index in [-0.39, 0.29) is 5.92 Å². The summed E-state index contributed by atoms with van der Waals surface area (Å²) in [6.45, 7) is 0. The van der Waals surface area contributed by atoms with Gasteiger partial charge in [0.2, 0.25) is 0 Å². The average Bonchev–Trinajstić information content (AvgIpc) is 2.53. The molecule has 0 atom stereocenters. The van der Waals surface area contributed by atoms with Gasteiger partial charge >= 0.3 is 157 Å². The molecular formula is C18H23F3Ra. The molecule has 1 aromatic rings. The standard InChI is InChI=1S/C18H22F3.Ra.H/c19-16-10-15(11-17(20)18(16)21)14-8-6-13(7-9-14)12-4-2-1-3-5-12;;/h1,10-14H,2-9H2;;. The van der Waals surface area contributed by atoms with Gasteiger partial charge in [-0.2, -0.15) is 0 Å². The number of halogens is 3. The van der Waals surface area contributed by atoms with E-state index < -0.39 is 17.5 Å². The van der Waals surface area contributed by atoms with E-state index in [1.54, 1.807) is 0 Å². The van der Waals surface area contributed by atoms with E-state index in [9.17, 15) is 13.2 Å². The van der Waals surface area contributed by atoms with Crippen molar-refractivity contribution in [1.29, 1.82) is 0 Å². The molecule has 0 spiro atoms. The molecule has 0 bridgehead atoms. The van der Waals surface area contributed by atoms with Crippen LogP contribution < -0.4 is 0 Å². The van der Waals surface area contributed by atoms with Gasteiger partial charge in [0.1, 0.15) is 0 Å². The van der Waals surface area contributed by atoms with Crippen LogP contribution in [0, 0.1) is 72.1 Å². The fourth-order valence-electron chi connectivity index (χ4n) is 4.49. The molecule has 0 heterocycles. The first-order valence-electron chi connectivity index (χ1n) is 8.69. The molecule has 0 radical (unpaired) electrons. The Hall–Kier alpha value is 0.478. The van der Waals surface area contributed by atoms with Crippen LogP contribution in [0.25, 0.3) is 0 Å². The zero-order chi connectivity index (χ0) is 15.7. The molecule has 2 saturated carbocycles. The van der Waals surface area contributed by atoms with Gasteiger partial charge in [-0.3, -0.25) is 0 Å². The molecule has 4 heteroatoms. The van der Waals surface area contributed by atoms with E-state index in [2.05, 4.69) is 0 Å². The summed E-state index contributed by atoms with van der Waals surface area (Å²) in [5.74, 6) is -1.57. The van der Waals surface area contributed by atoms with Crippen molar-refractivity contribution in [2.75, 3.05) is 0 Å². The number of hydrogen-bond donors (Lipinski definition) is 0. The van der Waals surface area contributed by atoms with Gasteiger partial charge in [0, 0.05) is 0 Å². The van der Waals surface area contributed by atoms with Crippen LogP contribution in [0.15, 0.2) is 12.1 Å². The van der Waals surface area contributed by atoms with Crippen molar-refractivity contribution < 1.29 is 56.0 Å². The molecule has 0 aliphatic heterocycles. The second-order valence-corrected chi connectivity index (χ2v) is 14.1. The van der Waals surface area contributed by atoms with Gasteiger partial charge in [0.05, 0.1) is 0 Å². The van der Waals surface area contributed by atoms with E-state index in [0.717, 1.165) is 38.5 Å². The molecule has 118 valence electrons. The van der Waals surface area contributed by atoms with Crippen LogP contribution >= 0.6 is 0 Å². The van der Waals surface area contributed by atoms with Gasteiger partial charge in [0.25, 0.3) is 0 Å². The zero-order valence-corrected chi connectivity index (χ0v) is 21.5. The third kappa shape index (κ3) is 3.93. The molecule has 3 rings (SSSR count). The van der Waals surface area contributed by atoms with Gasteiger partial charge in [0.15, 0.2) is 0 Å². The smallest absolute Gasteiger partial charge is 0.200 e. The van der Waals surface area contributed by atoms with Crippen molar-refractivity contribution in [3.05, 3.63) is 35.1 Å². The van der Waals surface area contributed by atoms with Crippen LogP contribution in [0.2, 0.25) is 0.959 Å². The topological polar surface area (TPSA) is 0 Å². The SMILES string of the molecule is Fc1cc(C2CCC(C3CC[CH]([RaH])CC3)CC2)cc(F)c1F. The summed E-state index contributed by atoms with van der Waals surface area (Å²) in [7, 11) is 0. The van der Waals surface area contributed by atoms with Crippen molar-refractivity contribution >= 4 is 0 Å². The Labute approximate surface area is 160 Å². The second-order valence-electron chi connectivity index (χ2n) is 7.43. The van der Waals surface area contributed by atoms with Crippen molar-refractivity contribution in [3.63, 3.8) is 0 Å². The van der Waals surface area contributed by atoms with Crippen molar-refractivity contribution in [2.24, 2.45) is 11.8 Å². The molecule has 1 aromatic carbocycles. The Morgan fingerprint density at radius 2 is 1.18 bits per heavy atom. The molecule has 2 fully saturated rings. The van der Waals surface area contributed by atoms with Crippen molar-refractivity contribution in [2.45, 2.75) is 58.2 Å². The predicted octanol–water partition coefficient (Wildman–Crippen LogP) is 5.64. The second kappa shape index (κ2) is 7.58. The number of rotatable bonds is 2. The first-order chi connectivity index (χ1) is 10.5. The molecule has 0 saturated heterocycles. The third-order valence-corrected chi connectivity index (χ3v) is 10.7. The third-order valence-electron chi connectivity index (χ3n) is 5.98. The minimum Gasteiger partial charge on any atom is -0.200 e. The molecule has 2 aliphatic rings. The van der Waals surface area contributed by atoms with Crippen LogP contribution in [0.5, 0.6) is 0 Å². The van der Waals surface area contributed by atoms with E-state index in [1.807, 2.05) is 0 Å². The van der Waals surface area contributed by atoms with E-state index >= 15 is 0 Å². The Balaban J connectivity index is 1.60. The van der Waals surface area contributed by atoms with Crippen LogP contribution in [0.4, 0.5) is 13.2 Å². The van der Waals surface area contributed by atoms with Gasteiger partial charge in [-0.1, -0.05) is 0 Å². The minimum atomic E-state index is -1.35. The molecule has 0 aromatic heterocycles. The summed E-state index contributed by atoms with van der Waals surface area (Å²) in [6, 6.07) is 2.39. The van der Waals surface area contributed by atoms with Crippen molar-refractivity contribution in [1.82, 2.24) is 0 Å². The van der Waals surface area contributed by atoms with Gasteiger partial charge in [-0.25, -0.2) is 4.39 Å². The fourth-order valence-corrected chi connectivity index (χ4v) is 7.23. The summed E-state index contributed by atoms with van der Waals surface area (Å²) in [6.07, 6.45) is 10.00.